The molecule has 1 aromatic carbocycles. The van der Waals surface area contributed by atoms with E-state index in [-0.39, 0.29) is 11.7 Å². The summed E-state index contributed by atoms with van der Waals surface area (Å²) in [4.78, 5) is 16.8. The molecule has 3 aromatic rings. The fourth-order valence-electron chi connectivity index (χ4n) is 2.37. The molecule has 0 spiro atoms. The van der Waals surface area contributed by atoms with Crippen LogP contribution in [0.25, 0.3) is 11.0 Å². The summed E-state index contributed by atoms with van der Waals surface area (Å²) in [5.74, 6) is 0.881. The van der Waals surface area contributed by atoms with Crippen LogP contribution in [0.3, 0.4) is 0 Å². The van der Waals surface area contributed by atoms with Gasteiger partial charge < -0.3 is 19.7 Å². The first-order chi connectivity index (χ1) is 9.17. The van der Waals surface area contributed by atoms with Gasteiger partial charge >= 0.3 is 5.69 Å². The largest absolute Gasteiger partial charge is 0.469 e. The van der Waals surface area contributed by atoms with Crippen molar-refractivity contribution in [3.05, 3.63) is 57.9 Å². The zero-order valence-corrected chi connectivity index (χ0v) is 10.8. The van der Waals surface area contributed by atoms with Crippen LogP contribution in [0.2, 0.25) is 0 Å². The first-order valence-electron chi connectivity index (χ1n) is 6.11. The summed E-state index contributed by atoms with van der Waals surface area (Å²) >= 11 is 0. The predicted octanol–water partition coefficient (Wildman–Crippen LogP) is 2.07. The predicted molar refractivity (Wildman–Crippen MR) is 73.3 cm³/mol. The monoisotopic (exact) mass is 257 g/mol. The standard InChI is InChI=1S/C14H15N3O2/c1-8-5-10(7-19-8)13(15-2)9-3-4-11-12(6-9)17-14(18)16-11/h3-7,13,15H,1-2H3,(H2,16,17,18). The van der Waals surface area contributed by atoms with Crippen molar-refractivity contribution in [2.75, 3.05) is 7.05 Å². The minimum Gasteiger partial charge on any atom is -0.469 e. The number of aromatic nitrogens is 2. The molecule has 0 bridgehead atoms. The van der Waals surface area contributed by atoms with Crippen LogP contribution in [0, 0.1) is 6.92 Å². The third-order valence-electron chi connectivity index (χ3n) is 3.25. The zero-order valence-electron chi connectivity index (χ0n) is 10.8. The van der Waals surface area contributed by atoms with Crippen LogP contribution in [0.1, 0.15) is 22.9 Å². The number of hydrogen-bond acceptors (Lipinski definition) is 3. The van der Waals surface area contributed by atoms with E-state index in [1.807, 2.05) is 38.2 Å². The molecule has 5 nitrogen and oxygen atoms in total. The van der Waals surface area contributed by atoms with Crippen molar-refractivity contribution in [3.8, 4) is 0 Å². The number of rotatable bonds is 3. The maximum atomic E-state index is 11.3. The highest BCUT2D eigenvalue weighted by Crippen LogP contribution is 2.25. The van der Waals surface area contributed by atoms with Gasteiger partial charge in [-0.05, 0) is 37.7 Å². The van der Waals surface area contributed by atoms with E-state index < -0.39 is 0 Å². The van der Waals surface area contributed by atoms with Gasteiger partial charge in [0, 0.05) is 5.56 Å². The number of imidazole rings is 1. The Labute approximate surface area is 109 Å². The molecule has 0 radical (unpaired) electrons. The molecule has 0 amide bonds. The van der Waals surface area contributed by atoms with Crippen LogP contribution < -0.4 is 11.0 Å². The normalized spacial score (nSPS) is 12.9. The Kier molecular flexibility index (Phi) is 2.76. The maximum absolute atomic E-state index is 11.3. The van der Waals surface area contributed by atoms with Gasteiger partial charge in [-0.1, -0.05) is 6.07 Å². The smallest absolute Gasteiger partial charge is 0.323 e. The van der Waals surface area contributed by atoms with E-state index in [0.29, 0.717) is 0 Å². The molecule has 0 aliphatic carbocycles. The van der Waals surface area contributed by atoms with Gasteiger partial charge in [0.2, 0.25) is 0 Å². The zero-order chi connectivity index (χ0) is 13.4. The summed E-state index contributed by atoms with van der Waals surface area (Å²) < 4.78 is 5.36. The van der Waals surface area contributed by atoms with Gasteiger partial charge in [0.25, 0.3) is 0 Å². The highest BCUT2D eigenvalue weighted by molar-refractivity contribution is 5.75. The van der Waals surface area contributed by atoms with Crippen molar-refractivity contribution in [2.24, 2.45) is 0 Å². The Morgan fingerprint density at radius 3 is 2.63 bits per heavy atom. The van der Waals surface area contributed by atoms with Crippen LogP contribution in [0.4, 0.5) is 0 Å². The Morgan fingerprint density at radius 2 is 1.95 bits per heavy atom. The van der Waals surface area contributed by atoms with Gasteiger partial charge in [-0.2, -0.15) is 0 Å². The second-order valence-corrected chi connectivity index (χ2v) is 4.60. The summed E-state index contributed by atoms with van der Waals surface area (Å²) in [5.41, 5.74) is 3.57. The lowest BCUT2D eigenvalue weighted by Crippen LogP contribution is -2.16. The molecule has 3 N–H and O–H groups in total. The molecule has 0 saturated heterocycles. The first kappa shape index (κ1) is 11.8. The molecule has 19 heavy (non-hydrogen) atoms. The van der Waals surface area contributed by atoms with Crippen molar-refractivity contribution < 1.29 is 4.42 Å². The number of aryl methyl sites for hydroxylation is 1. The van der Waals surface area contributed by atoms with Crippen LogP contribution >= 0.6 is 0 Å². The van der Waals surface area contributed by atoms with Gasteiger partial charge in [-0.15, -0.1) is 0 Å². The topological polar surface area (TPSA) is 73.8 Å². The molecular weight excluding hydrogens is 242 g/mol. The summed E-state index contributed by atoms with van der Waals surface area (Å²) in [6, 6.07) is 7.91. The van der Waals surface area contributed by atoms with Crippen LogP contribution in [0.5, 0.6) is 0 Å². The molecule has 1 atom stereocenters. The van der Waals surface area contributed by atoms with Gasteiger partial charge in [-0.25, -0.2) is 4.79 Å². The number of benzene rings is 1. The molecule has 1 unspecified atom stereocenters. The summed E-state index contributed by atoms with van der Waals surface area (Å²) in [5, 5.41) is 3.26. The van der Waals surface area contributed by atoms with Crippen molar-refractivity contribution >= 4 is 11.0 Å². The van der Waals surface area contributed by atoms with Gasteiger partial charge in [0.1, 0.15) is 5.76 Å². The number of hydrogen-bond donors (Lipinski definition) is 3. The van der Waals surface area contributed by atoms with Crippen LogP contribution in [0.15, 0.2) is 39.7 Å². The average Bonchev–Trinajstić information content (AvgIpc) is 2.95. The van der Waals surface area contributed by atoms with E-state index in [1.54, 1.807) is 6.26 Å². The summed E-state index contributed by atoms with van der Waals surface area (Å²) in [6.45, 7) is 1.92. The highest BCUT2D eigenvalue weighted by Gasteiger charge is 2.15. The van der Waals surface area contributed by atoms with Gasteiger partial charge in [0.15, 0.2) is 0 Å². The van der Waals surface area contributed by atoms with Gasteiger partial charge in [0.05, 0.1) is 23.3 Å². The molecule has 2 aromatic heterocycles. The summed E-state index contributed by atoms with van der Waals surface area (Å²) in [7, 11) is 1.90. The van der Waals surface area contributed by atoms with E-state index >= 15 is 0 Å². The van der Waals surface area contributed by atoms with E-state index in [2.05, 4.69) is 15.3 Å². The summed E-state index contributed by atoms with van der Waals surface area (Å²) in [6.07, 6.45) is 1.75. The Morgan fingerprint density at radius 1 is 1.16 bits per heavy atom. The van der Waals surface area contributed by atoms with E-state index in [4.69, 9.17) is 4.42 Å². The molecular formula is C14H15N3O2. The number of nitrogens with one attached hydrogen (secondary N) is 3. The van der Waals surface area contributed by atoms with E-state index in [1.165, 1.54) is 0 Å². The number of furan rings is 1. The second kappa shape index (κ2) is 4.44. The molecule has 2 heterocycles. The fraction of sp³-hybridized carbons (Fsp3) is 0.214. The SMILES string of the molecule is CNC(c1coc(C)c1)c1ccc2[nH]c(=O)[nH]c2c1. The second-order valence-electron chi connectivity index (χ2n) is 4.60. The van der Waals surface area contributed by atoms with E-state index in [0.717, 1.165) is 27.9 Å². The molecule has 0 aliphatic heterocycles. The first-order valence-corrected chi connectivity index (χ1v) is 6.11. The van der Waals surface area contributed by atoms with Crippen molar-refractivity contribution in [3.63, 3.8) is 0 Å². The Bertz CT molecular complexity index is 766. The minimum atomic E-state index is -0.188. The third-order valence-corrected chi connectivity index (χ3v) is 3.25. The quantitative estimate of drug-likeness (QED) is 0.672. The number of aromatic amines is 2. The average molecular weight is 257 g/mol. The Hall–Kier alpha value is -2.27. The lowest BCUT2D eigenvalue weighted by molar-refractivity contribution is 0.528. The molecule has 0 aliphatic rings. The molecule has 3 rings (SSSR count). The minimum absolute atomic E-state index is 0.0419. The molecule has 0 fully saturated rings. The Balaban J connectivity index is 2.07. The van der Waals surface area contributed by atoms with Crippen LogP contribution in [-0.4, -0.2) is 17.0 Å². The lowest BCUT2D eigenvalue weighted by Gasteiger charge is -2.14. The molecule has 0 saturated carbocycles. The third kappa shape index (κ3) is 2.08. The van der Waals surface area contributed by atoms with Crippen molar-refractivity contribution in [1.82, 2.24) is 15.3 Å². The fourth-order valence-corrected chi connectivity index (χ4v) is 2.37. The number of H-pyrrole nitrogens is 2. The van der Waals surface area contributed by atoms with Crippen molar-refractivity contribution in [2.45, 2.75) is 13.0 Å². The number of fused-ring (bicyclic) bond motifs is 1. The maximum Gasteiger partial charge on any atom is 0.323 e. The van der Waals surface area contributed by atoms with Crippen LogP contribution in [-0.2, 0) is 0 Å². The van der Waals surface area contributed by atoms with Crippen molar-refractivity contribution in [1.29, 1.82) is 0 Å². The highest BCUT2D eigenvalue weighted by atomic mass is 16.3. The molecule has 98 valence electrons. The lowest BCUT2D eigenvalue weighted by atomic mass is 10.0. The van der Waals surface area contributed by atoms with Gasteiger partial charge in [-0.3, -0.25) is 0 Å². The molecule has 5 heteroatoms. The van der Waals surface area contributed by atoms with E-state index in [9.17, 15) is 4.79 Å².